The summed E-state index contributed by atoms with van der Waals surface area (Å²) in [5.74, 6) is 1.16. The molecule has 2 rings (SSSR count). The third kappa shape index (κ3) is 1.44. The van der Waals surface area contributed by atoms with Gasteiger partial charge >= 0.3 is 0 Å². The number of nitrogens with zero attached hydrogens (tertiary/aromatic N) is 2. The molecule has 0 aliphatic carbocycles. The van der Waals surface area contributed by atoms with E-state index in [1.165, 1.54) is 0 Å². The van der Waals surface area contributed by atoms with Crippen molar-refractivity contribution in [1.29, 1.82) is 0 Å². The second kappa shape index (κ2) is 3.41. The minimum absolute atomic E-state index is 0.325. The van der Waals surface area contributed by atoms with Gasteiger partial charge in [-0.25, -0.2) is 0 Å². The number of amidine groups is 1. The Kier molecular flexibility index (Phi) is 2.28. The fourth-order valence-corrected chi connectivity index (χ4v) is 1.66. The number of hydrogen-bond donors (Lipinski definition) is 1. The first-order valence-corrected chi connectivity index (χ1v) is 4.44. The smallest absolute Gasteiger partial charge is 0.118 e. The number of morpholine rings is 1. The molecule has 0 radical (unpaired) electrons. The van der Waals surface area contributed by atoms with Crippen LogP contribution in [0, 0.1) is 0 Å². The van der Waals surface area contributed by atoms with E-state index in [1.54, 1.807) is 0 Å². The van der Waals surface area contributed by atoms with Crippen LogP contribution in [0.4, 0.5) is 0 Å². The lowest BCUT2D eigenvalue weighted by Gasteiger charge is -2.27. The standard InChI is InChI=1S/C8H15N3O/c1-11-4-2-10-8(11)7-6-12-5-3-9-7/h7,9H,2-6H2,1H3. The van der Waals surface area contributed by atoms with E-state index in [-0.39, 0.29) is 0 Å². The van der Waals surface area contributed by atoms with Gasteiger partial charge in [0.1, 0.15) is 5.84 Å². The van der Waals surface area contributed by atoms with Crippen molar-refractivity contribution < 1.29 is 4.74 Å². The third-order valence-corrected chi connectivity index (χ3v) is 2.33. The van der Waals surface area contributed by atoms with Gasteiger partial charge < -0.3 is 15.0 Å². The highest BCUT2D eigenvalue weighted by atomic mass is 16.5. The normalized spacial score (nSPS) is 30.6. The Morgan fingerprint density at radius 3 is 3.17 bits per heavy atom. The van der Waals surface area contributed by atoms with E-state index in [2.05, 4.69) is 22.3 Å². The Labute approximate surface area is 72.6 Å². The fraction of sp³-hybridized carbons (Fsp3) is 0.875. The van der Waals surface area contributed by atoms with Crippen LogP contribution in [0.25, 0.3) is 0 Å². The molecule has 1 atom stereocenters. The summed E-state index contributed by atoms with van der Waals surface area (Å²) in [5, 5.41) is 3.39. The predicted molar refractivity (Wildman–Crippen MR) is 47.5 cm³/mol. The van der Waals surface area contributed by atoms with Gasteiger partial charge in [-0.1, -0.05) is 0 Å². The van der Waals surface area contributed by atoms with Crippen LogP contribution in [-0.4, -0.2) is 56.7 Å². The predicted octanol–water partition coefficient (Wildman–Crippen LogP) is -0.681. The molecule has 2 heterocycles. The molecule has 0 aromatic heterocycles. The number of aliphatic imine (C=N–C) groups is 1. The van der Waals surface area contributed by atoms with Crippen LogP contribution < -0.4 is 5.32 Å². The zero-order chi connectivity index (χ0) is 8.39. The van der Waals surface area contributed by atoms with Gasteiger partial charge in [0.05, 0.1) is 25.8 Å². The lowest BCUT2D eigenvalue weighted by molar-refractivity contribution is 0.0925. The zero-order valence-electron chi connectivity index (χ0n) is 7.42. The van der Waals surface area contributed by atoms with Gasteiger partial charge in [-0.2, -0.15) is 0 Å². The second-order valence-electron chi connectivity index (χ2n) is 3.24. The number of ether oxygens (including phenoxy) is 1. The molecule has 1 unspecified atom stereocenters. The summed E-state index contributed by atoms with van der Waals surface area (Å²) >= 11 is 0. The van der Waals surface area contributed by atoms with Crippen molar-refractivity contribution in [2.24, 2.45) is 4.99 Å². The molecular weight excluding hydrogens is 154 g/mol. The highest BCUT2D eigenvalue weighted by Gasteiger charge is 2.24. The average Bonchev–Trinajstić information content (AvgIpc) is 2.53. The lowest BCUT2D eigenvalue weighted by Crippen LogP contribution is -2.50. The second-order valence-corrected chi connectivity index (χ2v) is 3.24. The van der Waals surface area contributed by atoms with Crippen molar-refractivity contribution in [3.63, 3.8) is 0 Å². The molecule has 0 spiro atoms. The van der Waals surface area contributed by atoms with Crippen LogP contribution in [0.2, 0.25) is 0 Å². The summed E-state index contributed by atoms with van der Waals surface area (Å²) in [6.45, 7) is 4.52. The Hall–Kier alpha value is -0.610. The molecule has 0 aromatic rings. The summed E-state index contributed by atoms with van der Waals surface area (Å²) in [4.78, 5) is 6.64. The number of hydrogen-bond acceptors (Lipinski definition) is 4. The van der Waals surface area contributed by atoms with Gasteiger partial charge in [0.15, 0.2) is 0 Å². The Bertz CT molecular complexity index is 187. The summed E-state index contributed by atoms with van der Waals surface area (Å²) in [7, 11) is 2.09. The number of nitrogens with one attached hydrogen (secondary N) is 1. The number of likely N-dealkylation sites (N-methyl/N-ethyl adjacent to an activating group) is 1. The molecule has 2 aliphatic heterocycles. The quantitative estimate of drug-likeness (QED) is 0.565. The van der Waals surface area contributed by atoms with Gasteiger partial charge in [-0.15, -0.1) is 0 Å². The van der Waals surface area contributed by atoms with Crippen molar-refractivity contribution in [3.8, 4) is 0 Å². The molecule has 1 saturated heterocycles. The molecule has 0 saturated carbocycles. The van der Waals surface area contributed by atoms with E-state index in [9.17, 15) is 0 Å². The van der Waals surface area contributed by atoms with Crippen LogP contribution in [0.5, 0.6) is 0 Å². The van der Waals surface area contributed by atoms with Crippen molar-refractivity contribution in [2.45, 2.75) is 6.04 Å². The SMILES string of the molecule is CN1CCN=C1C1COCCN1. The molecule has 4 heteroatoms. The first kappa shape index (κ1) is 8.01. The highest BCUT2D eigenvalue weighted by molar-refractivity contribution is 5.88. The molecule has 1 fully saturated rings. The molecule has 12 heavy (non-hydrogen) atoms. The molecule has 2 aliphatic rings. The fourth-order valence-electron chi connectivity index (χ4n) is 1.66. The van der Waals surface area contributed by atoms with E-state index >= 15 is 0 Å². The summed E-state index contributed by atoms with van der Waals surface area (Å²) in [5.41, 5.74) is 0. The maximum Gasteiger partial charge on any atom is 0.118 e. The minimum atomic E-state index is 0.325. The van der Waals surface area contributed by atoms with Crippen LogP contribution >= 0.6 is 0 Å². The van der Waals surface area contributed by atoms with Crippen molar-refractivity contribution in [2.75, 3.05) is 39.9 Å². The Morgan fingerprint density at radius 1 is 1.67 bits per heavy atom. The number of rotatable bonds is 1. The average molecular weight is 169 g/mol. The van der Waals surface area contributed by atoms with E-state index in [4.69, 9.17) is 4.74 Å². The minimum Gasteiger partial charge on any atom is -0.378 e. The molecule has 1 N–H and O–H groups in total. The molecule has 0 amide bonds. The van der Waals surface area contributed by atoms with E-state index in [1.807, 2.05) is 0 Å². The monoisotopic (exact) mass is 169 g/mol. The molecule has 68 valence electrons. The summed E-state index contributed by atoms with van der Waals surface area (Å²) < 4.78 is 5.37. The molecule has 0 bridgehead atoms. The van der Waals surface area contributed by atoms with Crippen LogP contribution in [0.15, 0.2) is 4.99 Å². The topological polar surface area (TPSA) is 36.9 Å². The highest BCUT2D eigenvalue weighted by Crippen LogP contribution is 2.05. The zero-order valence-corrected chi connectivity index (χ0v) is 7.42. The van der Waals surface area contributed by atoms with Gasteiger partial charge in [0.25, 0.3) is 0 Å². The lowest BCUT2D eigenvalue weighted by atomic mass is 10.2. The van der Waals surface area contributed by atoms with Crippen molar-refractivity contribution >= 4 is 5.84 Å². The maximum atomic E-state index is 5.37. The Morgan fingerprint density at radius 2 is 2.58 bits per heavy atom. The maximum absolute atomic E-state index is 5.37. The van der Waals surface area contributed by atoms with Crippen LogP contribution in [-0.2, 0) is 4.74 Å². The largest absolute Gasteiger partial charge is 0.378 e. The van der Waals surface area contributed by atoms with Crippen LogP contribution in [0.3, 0.4) is 0 Å². The first-order valence-electron chi connectivity index (χ1n) is 4.44. The first-order chi connectivity index (χ1) is 5.88. The third-order valence-electron chi connectivity index (χ3n) is 2.33. The van der Waals surface area contributed by atoms with Crippen molar-refractivity contribution in [1.82, 2.24) is 10.2 Å². The van der Waals surface area contributed by atoms with E-state index in [0.717, 1.165) is 38.7 Å². The van der Waals surface area contributed by atoms with Crippen molar-refractivity contribution in [3.05, 3.63) is 0 Å². The van der Waals surface area contributed by atoms with E-state index < -0.39 is 0 Å². The summed E-state index contributed by atoms with van der Waals surface area (Å²) in [6.07, 6.45) is 0. The summed E-state index contributed by atoms with van der Waals surface area (Å²) in [6, 6.07) is 0.325. The van der Waals surface area contributed by atoms with Gasteiger partial charge in [-0.3, -0.25) is 4.99 Å². The van der Waals surface area contributed by atoms with E-state index in [0.29, 0.717) is 6.04 Å². The van der Waals surface area contributed by atoms with Gasteiger partial charge in [0.2, 0.25) is 0 Å². The molecular formula is C8H15N3O. The van der Waals surface area contributed by atoms with Gasteiger partial charge in [-0.05, 0) is 0 Å². The Balaban J connectivity index is 1.97. The van der Waals surface area contributed by atoms with Crippen LogP contribution in [0.1, 0.15) is 0 Å². The molecule has 4 nitrogen and oxygen atoms in total. The van der Waals surface area contributed by atoms with Gasteiger partial charge in [0, 0.05) is 20.1 Å². The molecule has 0 aromatic carbocycles.